The number of hydrogen-bond acceptors (Lipinski definition) is 4. The SMILES string of the molecule is O=C(CC1=Nc2cccc(C(F)(F)F)c2C1)C[C@@H]1CCN(C2CCN(c3ccc(F)cc3)CC2)C1. The highest BCUT2D eigenvalue weighted by molar-refractivity contribution is 6.06. The minimum atomic E-state index is -4.41. The van der Waals surface area contributed by atoms with E-state index in [2.05, 4.69) is 14.8 Å². The molecule has 0 radical (unpaired) electrons. The van der Waals surface area contributed by atoms with Gasteiger partial charge in [0.15, 0.2) is 0 Å². The van der Waals surface area contributed by atoms with Crippen LogP contribution in [0.3, 0.4) is 0 Å². The van der Waals surface area contributed by atoms with Crippen LogP contribution in [0.5, 0.6) is 0 Å². The monoisotopic (exact) mass is 487 g/mol. The fourth-order valence-corrected chi connectivity index (χ4v) is 5.77. The molecule has 3 heterocycles. The summed E-state index contributed by atoms with van der Waals surface area (Å²) in [5.41, 5.74) is 1.44. The molecule has 0 unspecified atom stereocenters. The van der Waals surface area contributed by atoms with Crippen LogP contribution in [0.2, 0.25) is 0 Å². The van der Waals surface area contributed by atoms with E-state index in [0.29, 0.717) is 23.9 Å². The molecule has 4 nitrogen and oxygen atoms in total. The number of aliphatic imine (C=N–C) groups is 1. The van der Waals surface area contributed by atoms with Gasteiger partial charge in [-0.25, -0.2) is 4.39 Å². The molecule has 0 aliphatic carbocycles. The highest BCUT2D eigenvalue weighted by Gasteiger charge is 2.36. The van der Waals surface area contributed by atoms with Crippen molar-refractivity contribution in [1.82, 2.24) is 4.90 Å². The van der Waals surface area contributed by atoms with Gasteiger partial charge in [0.25, 0.3) is 0 Å². The second kappa shape index (κ2) is 9.72. The zero-order valence-corrected chi connectivity index (χ0v) is 19.5. The summed E-state index contributed by atoms with van der Waals surface area (Å²) in [5, 5.41) is 0. The number of likely N-dealkylation sites (tertiary alicyclic amines) is 1. The van der Waals surface area contributed by atoms with Crippen molar-refractivity contribution in [2.75, 3.05) is 31.1 Å². The predicted octanol–water partition coefficient (Wildman–Crippen LogP) is 5.81. The van der Waals surface area contributed by atoms with Crippen molar-refractivity contribution in [3.63, 3.8) is 0 Å². The number of piperidine rings is 1. The van der Waals surface area contributed by atoms with Crippen molar-refractivity contribution in [3.05, 3.63) is 59.4 Å². The van der Waals surface area contributed by atoms with Gasteiger partial charge in [-0.15, -0.1) is 0 Å². The number of anilines is 1. The lowest BCUT2D eigenvalue weighted by Gasteiger charge is -2.38. The molecule has 35 heavy (non-hydrogen) atoms. The molecule has 186 valence electrons. The van der Waals surface area contributed by atoms with Crippen molar-refractivity contribution >= 4 is 22.9 Å². The molecule has 0 spiro atoms. The van der Waals surface area contributed by atoms with Crippen molar-refractivity contribution in [1.29, 1.82) is 0 Å². The molecule has 5 rings (SSSR count). The van der Waals surface area contributed by atoms with E-state index >= 15 is 0 Å². The molecule has 2 aromatic carbocycles. The minimum Gasteiger partial charge on any atom is -0.371 e. The number of rotatable bonds is 6. The molecule has 8 heteroatoms. The van der Waals surface area contributed by atoms with Gasteiger partial charge in [0.05, 0.1) is 11.3 Å². The Labute approximate surface area is 202 Å². The first-order valence-corrected chi connectivity index (χ1v) is 12.3. The Bertz CT molecular complexity index is 1100. The summed E-state index contributed by atoms with van der Waals surface area (Å²) in [4.78, 5) is 21.8. The maximum absolute atomic E-state index is 13.3. The summed E-state index contributed by atoms with van der Waals surface area (Å²) < 4.78 is 53.0. The van der Waals surface area contributed by atoms with E-state index < -0.39 is 11.7 Å². The molecule has 1 atom stereocenters. The molecule has 2 saturated heterocycles. The van der Waals surface area contributed by atoms with Crippen LogP contribution in [-0.4, -0.2) is 48.6 Å². The minimum absolute atomic E-state index is 0.0584. The van der Waals surface area contributed by atoms with Crippen LogP contribution < -0.4 is 4.90 Å². The Hall–Kier alpha value is -2.74. The van der Waals surface area contributed by atoms with E-state index in [1.165, 1.54) is 18.2 Å². The summed E-state index contributed by atoms with van der Waals surface area (Å²) in [6.45, 7) is 3.71. The van der Waals surface area contributed by atoms with Crippen LogP contribution in [-0.2, 0) is 17.4 Å². The maximum atomic E-state index is 13.3. The van der Waals surface area contributed by atoms with E-state index in [-0.39, 0.29) is 35.9 Å². The third-order valence-corrected chi connectivity index (χ3v) is 7.52. The number of Topliss-reactive ketones (excluding diaryl/α,β-unsaturated/α-hetero) is 1. The largest absolute Gasteiger partial charge is 0.416 e. The second-order valence-electron chi connectivity index (χ2n) is 9.92. The lowest BCUT2D eigenvalue weighted by Crippen LogP contribution is -2.44. The van der Waals surface area contributed by atoms with Gasteiger partial charge in [0, 0.05) is 56.3 Å². The number of alkyl halides is 3. The zero-order valence-electron chi connectivity index (χ0n) is 19.5. The summed E-state index contributed by atoms with van der Waals surface area (Å²) in [5.74, 6) is 0.118. The molecule has 0 saturated carbocycles. The molecule has 3 aliphatic heterocycles. The van der Waals surface area contributed by atoms with Crippen LogP contribution in [0.4, 0.5) is 28.9 Å². The number of fused-ring (bicyclic) bond motifs is 1. The number of carbonyl (C=O) groups excluding carboxylic acids is 1. The Morgan fingerprint density at radius 3 is 2.46 bits per heavy atom. The first-order chi connectivity index (χ1) is 16.8. The highest BCUT2D eigenvalue weighted by Crippen LogP contribution is 2.39. The Kier molecular flexibility index (Phi) is 6.66. The number of benzene rings is 2. The molecule has 2 fully saturated rings. The molecule has 2 aromatic rings. The van der Waals surface area contributed by atoms with Gasteiger partial charge in [-0.1, -0.05) is 6.07 Å². The lowest BCUT2D eigenvalue weighted by molar-refractivity contribution is -0.138. The van der Waals surface area contributed by atoms with Gasteiger partial charge >= 0.3 is 6.18 Å². The number of halogens is 4. The van der Waals surface area contributed by atoms with Crippen LogP contribution in [0.25, 0.3) is 0 Å². The van der Waals surface area contributed by atoms with Gasteiger partial charge in [-0.3, -0.25) is 14.7 Å². The molecule has 3 aliphatic rings. The highest BCUT2D eigenvalue weighted by atomic mass is 19.4. The van der Waals surface area contributed by atoms with Gasteiger partial charge in [-0.2, -0.15) is 13.2 Å². The van der Waals surface area contributed by atoms with Gasteiger partial charge in [0.1, 0.15) is 11.6 Å². The van der Waals surface area contributed by atoms with Gasteiger partial charge in [0.2, 0.25) is 0 Å². The number of nitrogens with zero attached hydrogens (tertiary/aromatic N) is 3. The quantitative estimate of drug-likeness (QED) is 0.482. The summed E-state index contributed by atoms with van der Waals surface area (Å²) in [6, 6.07) is 11.2. The first-order valence-electron chi connectivity index (χ1n) is 12.3. The molecular formula is C27H29F4N3O. The average Bonchev–Trinajstić information content (AvgIpc) is 3.45. The fraction of sp³-hybridized carbons (Fsp3) is 0.481. The molecule has 0 N–H and O–H groups in total. The Balaban J connectivity index is 1.09. The summed E-state index contributed by atoms with van der Waals surface area (Å²) in [7, 11) is 0. The topological polar surface area (TPSA) is 35.9 Å². The maximum Gasteiger partial charge on any atom is 0.416 e. The van der Waals surface area contributed by atoms with Crippen LogP contribution in [0, 0.1) is 11.7 Å². The van der Waals surface area contributed by atoms with Crippen LogP contribution >= 0.6 is 0 Å². The standard InChI is InChI=1S/C27H29F4N3O/c28-19-4-6-21(7-5-19)33-12-9-22(10-13-33)34-11-8-18(17-34)14-23(35)15-20-16-24-25(27(29,30)31)2-1-3-26(24)32-20/h1-7,18,22H,8-17H2/t18-/m0/s1. The van der Waals surface area contributed by atoms with Crippen molar-refractivity contribution < 1.29 is 22.4 Å². The fourth-order valence-electron chi connectivity index (χ4n) is 5.77. The third kappa shape index (κ3) is 5.42. The molecule has 0 bridgehead atoms. The van der Waals surface area contributed by atoms with E-state index in [9.17, 15) is 22.4 Å². The van der Waals surface area contributed by atoms with Crippen molar-refractivity contribution in [2.45, 2.75) is 50.7 Å². The second-order valence-corrected chi connectivity index (χ2v) is 9.92. The van der Waals surface area contributed by atoms with E-state index in [4.69, 9.17) is 0 Å². The van der Waals surface area contributed by atoms with Gasteiger partial charge < -0.3 is 4.90 Å². The average molecular weight is 488 g/mol. The van der Waals surface area contributed by atoms with E-state index in [0.717, 1.165) is 57.2 Å². The van der Waals surface area contributed by atoms with Crippen molar-refractivity contribution in [2.24, 2.45) is 10.9 Å². The zero-order chi connectivity index (χ0) is 24.6. The Morgan fingerprint density at radius 2 is 1.74 bits per heavy atom. The Morgan fingerprint density at radius 1 is 1.00 bits per heavy atom. The summed E-state index contributed by atoms with van der Waals surface area (Å²) in [6.07, 6.45) is -0.702. The molecule has 0 aromatic heterocycles. The van der Waals surface area contributed by atoms with Gasteiger partial charge in [-0.05, 0) is 73.7 Å². The van der Waals surface area contributed by atoms with E-state index in [1.807, 2.05) is 12.1 Å². The predicted molar refractivity (Wildman–Crippen MR) is 128 cm³/mol. The first kappa shape index (κ1) is 24.0. The van der Waals surface area contributed by atoms with E-state index in [1.54, 1.807) is 6.07 Å². The molecule has 0 amide bonds. The smallest absolute Gasteiger partial charge is 0.371 e. The number of ketones is 1. The third-order valence-electron chi connectivity index (χ3n) is 7.52. The van der Waals surface area contributed by atoms with Crippen LogP contribution in [0.15, 0.2) is 47.5 Å². The normalized spacial score (nSPS) is 21.3. The van der Waals surface area contributed by atoms with Crippen molar-refractivity contribution in [3.8, 4) is 0 Å². The molecular weight excluding hydrogens is 458 g/mol. The van der Waals surface area contributed by atoms with Crippen LogP contribution in [0.1, 0.15) is 43.2 Å². The summed E-state index contributed by atoms with van der Waals surface area (Å²) >= 11 is 0. The number of hydrogen-bond donors (Lipinski definition) is 0. The number of carbonyl (C=O) groups is 1. The lowest BCUT2D eigenvalue weighted by atomic mass is 9.96.